The molecule has 0 amide bonds. The Bertz CT molecular complexity index is 153. The summed E-state index contributed by atoms with van der Waals surface area (Å²) in [4.78, 5) is 4.83. The van der Waals surface area contributed by atoms with Gasteiger partial charge in [0.1, 0.15) is 0 Å². The number of morpholine rings is 1. The highest BCUT2D eigenvalue weighted by Crippen LogP contribution is 2.06. The van der Waals surface area contributed by atoms with Gasteiger partial charge in [-0.1, -0.05) is 27.7 Å². The van der Waals surface area contributed by atoms with Gasteiger partial charge in [-0.3, -0.25) is 4.90 Å². The fraction of sp³-hybridized carbons (Fsp3) is 1.00. The molecule has 3 heteroatoms. The van der Waals surface area contributed by atoms with Crippen LogP contribution < -0.4 is 0 Å². The lowest BCUT2D eigenvalue weighted by molar-refractivity contribution is -0.0388. The second kappa shape index (κ2) is 10.1. The van der Waals surface area contributed by atoms with Crippen LogP contribution in [0.15, 0.2) is 0 Å². The third kappa shape index (κ3) is 6.46. The van der Waals surface area contributed by atoms with Crippen LogP contribution in [0.5, 0.6) is 0 Å². The molecule has 0 saturated carbocycles. The molecule has 1 atom stereocenters. The molecule has 98 valence electrons. The summed E-state index contributed by atoms with van der Waals surface area (Å²) in [5, 5.41) is 0. The average Bonchev–Trinajstić information content (AvgIpc) is 2.32. The molecule has 0 radical (unpaired) electrons. The Morgan fingerprint density at radius 2 is 2.00 bits per heavy atom. The van der Waals surface area contributed by atoms with Gasteiger partial charge in [0.2, 0.25) is 0 Å². The Hall–Kier alpha value is -0.120. The highest BCUT2D eigenvalue weighted by Gasteiger charge is 2.19. The first-order chi connectivity index (χ1) is 7.76. The van der Waals surface area contributed by atoms with E-state index in [2.05, 4.69) is 30.7 Å². The van der Waals surface area contributed by atoms with Crippen LogP contribution in [-0.4, -0.2) is 62.3 Å². The number of hydrogen-bond donors (Lipinski definition) is 0. The van der Waals surface area contributed by atoms with Gasteiger partial charge >= 0.3 is 0 Å². The minimum atomic E-state index is 0.417. The Labute approximate surface area is 102 Å². The quantitative estimate of drug-likeness (QED) is 0.719. The second-order valence-corrected chi connectivity index (χ2v) is 4.15. The van der Waals surface area contributed by atoms with Crippen molar-refractivity contribution in [2.24, 2.45) is 0 Å². The van der Waals surface area contributed by atoms with Gasteiger partial charge in [-0.05, 0) is 26.6 Å². The summed E-state index contributed by atoms with van der Waals surface area (Å²) in [6.45, 7) is 14.9. The minimum Gasteiger partial charge on any atom is -0.374 e. The maximum atomic E-state index is 5.74. The van der Waals surface area contributed by atoms with Crippen molar-refractivity contribution in [1.82, 2.24) is 9.80 Å². The Balaban J connectivity index is 0.00000106. The number of likely N-dealkylation sites (N-methyl/N-ethyl adjacent to an activating group) is 2. The topological polar surface area (TPSA) is 15.7 Å². The molecule has 0 aromatic carbocycles. The standard InChI is InChI=1S/C11H24N2O.C2H6/c1-4-6-12(3)9-11-10-13(5-2)7-8-14-11;1-2/h11H,4-10H2,1-3H3;1-2H3. The third-order valence-corrected chi connectivity index (χ3v) is 2.79. The number of nitrogens with zero attached hydrogens (tertiary/aromatic N) is 2. The van der Waals surface area contributed by atoms with E-state index in [4.69, 9.17) is 4.74 Å². The maximum Gasteiger partial charge on any atom is 0.0829 e. The maximum absolute atomic E-state index is 5.74. The SMILES string of the molecule is CC.CCCN(C)CC1CN(CC)CCO1. The molecule has 1 aliphatic rings. The molecule has 0 N–H and O–H groups in total. The van der Waals surface area contributed by atoms with E-state index in [1.54, 1.807) is 0 Å². The van der Waals surface area contributed by atoms with Crippen molar-refractivity contribution >= 4 is 0 Å². The second-order valence-electron chi connectivity index (χ2n) is 4.15. The molecule has 0 aromatic rings. The molecule has 1 fully saturated rings. The first-order valence-electron chi connectivity index (χ1n) is 6.78. The van der Waals surface area contributed by atoms with E-state index in [-0.39, 0.29) is 0 Å². The van der Waals surface area contributed by atoms with E-state index in [1.807, 2.05) is 13.8 Å². The largest absolute Gasteiger partial charge is 0.374 e. The summed E-state index contributed by atoms with van der Waals surface area (Å²) in [5.41, 5.74) is 0. The minimum absolute atomic E-state index is 0.417. The fourth-order valence-electron chi connectivity index (χ4n) is 2.00. The van der Waals surface area contributed by atoms with Crippen molar-refractivity contribution in [3.05, 3.63) is 0 Å². The highest BCUT2D eigenvalue weighted by molar-refractivity contribution is 4.73. The van der Waals surface area contributed by atoms with Gasteiger partial charge in [0.05, 0.1) is 12.7 Å². The predicted octanol–water partition coefficient (Wildman–Crippen LogP) is 2.08. The molecular weight excluding hydrogens is 200 g/mol. The summed E-state index contributed by atoms with van der Waals surface area (Å²) in [7, 11) is 2.18. The fourth-order valence-corrected chi connectivity index (χ4v) is 2.00. The van der Waals surface area contributed by atoms with Crippen molar-refractivity contribution in [2.75, 3.05) is 46.4 Å². The molecule has 3 nitrogen and oxygen atoms in total. The van der Waals surface area contributed by atoms with Gasteiger partial charge in [0.15, 0.2) is 0 Å². The zero-order valence-electron chi connectivity index (χ0n) is 11.8. The summed E-state index contributed by atoms with van der Waals surface area (Å²) in [5.74, 6) is 0. The number of rotatable bonds is 5. The van der Waals surface area contributed by atoms with Crippen LogP contribution in [0.3, 0.4) is 0 Å². The Morgan fingerprint density at radius 3 is 2.56 bits per heavy atom. The molecule has 1 rings (SSSR count). The highest BCUT2D eigenvalue weighted by atomic mass is 16.5. The monoisotopic (exact) mass is 230 g/mol. The van der Waals surface area contributed by atoms with E-state index < -0.39 is 0 Å². The van der Waals surface area contributed by atoms with E-state index >= 15 is 0 Å². The van der Waals surface area contributed by atoms with Gasteiger partial charge in [0.25, 0.3) is 0 Å². The van der Waals surface area contributed by atoms with Gasteiger partial charge in [-0.15, -0.1) is 0 Å². The lowest BCUT2D eigenvalue weighted by atomic mass is 10.2. The van der Waals surface area contributed by atoms with Gasteiger partial charge in [0, 0.05) is 19.6 Å². The zero-order valence-corrected chi connectivity index (χ0v) is 11.8. The number of ether oxygens (including phenoxy) is 1. The molecule has 1 aliphatic heterocycles. The molecule has 0 aromatic heterocycles. The first-order valence-corrected chi connectivity index (χ1v) is 6.78. The van der Waals surface area contributed by atoms with Crippen LogP contribution in [0.25, 0.3) is 0 Å². The summed E-state index contributed by atoms with van der Waals surface area (Å²) in [6, 6.07) is 0. The summed E-state index contributed by atoms with van der Waals surface area (Å²) in [6.07, 6.45) is 1.64. The zero-order chi connectivity index (χ0) is 12.4. The molecule has 16 heavy (non-hydrogen) atoms. The summed E-state index contributed by atoms with van der Waals surface area (Å²) >= 11 is 0. The van der Waals surface area contributed by atoms with Crippen molar-refractivity contribution in [3.8, 4) is 0 Å². The van der Waals surface area contributed by atoms with Crippen molar-refractivity contribution in [1.29, 1.82) is 0 Å². The lowest BCUT2D eigenvalue weighted by Crippen LogP contribution is -2.46. The normalized spacial score (nSPS) is 21.8. The molecule has 1 heterocycles. The smallest absolute Gasteiger partial charge is 0.0829 e. The van der Waals surface area contributed by atoms with E-state index in [9.17, 15) is 0 Å². The van der Waals surface area contributed by atoms with Crippen LogP contribution in [0, 0.1) is 0 Å². The first kappa shape index (κ1) is 15.9. The molecule has 0 aliphatic carbocycles. The third-order valence-electron chi connectivity index (χ3n) is 2.79. The van der Waals surface area contributed by atoms with E-state index in [1.165, 1.54) is 13.0 Å². The van der Waals surface area contributed by atoms with Gasteiger partial charge in [-0.25, -0.2) is 0 Å². The Morgan fingerprint density at radius 1 is 1.31 bits per heavy atom. The van der Waals surface area contributed by atoms with Gasteiger partial charge in [-0.2, -0.15) is 0 Å². The van der Waals surface area contributed by atoms with Crippen molar-refractivity contribution in [2.45, 2.75) is 40.2 Å². The number of hydrogen-bond acceptors (Lipinski definition) is 3. The molecule has 0 spiro atoms. The van der Waals surface area contributed by atoms with Gasteiger partial charge < -0.3 is 9.64 Å². The Kier molecular flexibility index (Phi) is 9.99. The summed E-state index contributed by atoms with van der Waals surface area (Å²) < 4.78 is 5.74. The van der Waals surface area contributed by atoms with E-state index in [0.717, 1.165) is 32.8 Å². The van der Waals surface area contributed by atoms with Crippen molar-refractivity contribution < 1.29 is 4.74 Å². The van der Waals surface area contributed by atoms with E-state index in [0.29, 0.717) is 6.10 Å². The molecule has 0 bridgehead atoms. The van der Waals surface area contributed by atoms with Crippen LogP contribution in [0.1, 0.15) is 34.1 Å². The lowest BCUT2D eigenvalue weighted by Gasteiger charge is -2.34. The molecule has 1 saturated heterocycles. The average molecular weight is 230 g/mol. The predicted molar refractivity (Wildman–Crippen MR) is 71.0 cm³/mol. The molecule has 1 unspecified atom stereocenters. The van der Waals surface area contributed by atoms with Crippen LogP contribution >= 0.6 is 0 Å². The van der Waals surface area contributed by atoms with Crippen LogP contribution in [-0.2, 0) is 4.74 Å². The van der Waals surface area contributed by atoms with Crippen LogP contribution in [0.4, 0.5) is 0 Å². The molecular formula is C13H30N2O. The van der Waals surface area contributed by atoms with Crippen LogP contribution in [0.2, 0.25) is 0 Å². The van der Waals surface area contributed by atoms with Crippen molar-refractivity contribution in [3.63, 3.8) is 0 Å².